The van der Waals surface area contributed by atoms with Gasteiger partial charge in [-0.3, -0.25) is 0 Å². The summed E-state index contributed by atoms with van der Waals surface area (Å²) in [5.74, 6) is -0.0380. The minimum absolute atomic E-state index is 0.0324. The van der Waals surface area contributed by atoms with E-state index >= 15 is 0 Å². The Hall–Kier alpha value is -2.07. The number of nitrogens with one attached hydrogen (secondary N) is 1. The molecule has 4 heteroatoms. The molecule has 4 rings (SSSR count). The fourth-order valence-corrected chi connectivity index (χ4v) is 4.22. The molecule has 2 aliphatic rings. The van der Waals surface area contributed by atoms with Crippen LogP contribution in [0.15, 0.2) is 36.4 Å². The molecular formula is C22H26FNO2. The van der Waals surface area contributed by atoms with E-state index < -0.39 is 0 Å². The summed E-state index contributed by atoms with van der Waals surface area (Å²) in [5.41, 5.74) is 4.13. The van der Waals surface area contributed by atoms with Crippen LogP contribution in [-0.2, 0) is 10.2 Å². The van der Waals surface area contributed by atoms with Crippen molar-refractivity contribution < 1.29 is 14.2 Å². The van der Waals surface area contributed by atoms with Crippen LogP contribution in [-0.4, -0.2) is 11.7 Å². The van der Waals surface area contributed by atoms with E-state index in [-0.39, 0.29) is 35.0 Å². The zero-order chi connectivity index (χ0) is 18.5. The van der Waals surface area contributed by atoms with E-state index in [1.807, 2.05) is 0 Å². The Kier molecular flexibility index (Phi) is 4.19. The summed E-state index contributed by atoms with van der Waals surface area (Å²) >= 11 is 0. The van der Waals surface area contributed by atoms with E-state index in [0.717, 1.165) is 25.1 Å². The van der Waals surface area contributed by atoms with Crippen molar-refractivity contribution in [2.75, 3.05) is 11.9 Å². The molecule has 26 heavy (non-hydrogen) atoms. The average molecular weight is 355 g/mol. The summed E-state index contributed by atoms with van der Waals surface area (Å²) in [7, 11) is 0. The van der Waals surface area contributed by atoms with Gasteiger partial charge in [0.1, 0.15) is 11.6 Å². The molecule has 3 atom stereocenters. The zero-order valence-corrected chi connectivity index (χ0v) is 15.6. The number of anilines is 1. The number of phenols is 1. The lowest BCUT2D eigenvalue weighted by Crippen LogP contribution is -2.36. The summed E-state index contributed by atoms with van der Waals surface area (Å²) in [5, 5.41) is 13.9. The van der Waals surface area contributed by atoms with Crippen LogP contribution < -0.4 is 5.32 Å². The molecule has 1 fully saturated rings. The van der Waals surface area contributed by atoms with E-state index in [4.69, 9.17) is 4.74 Å². The number of halogens is 1. The summed E-state index contributed by atoms with van der Waals surface area (Å²) in [6.45, 7) is 7.36. The first-order valence-electron chi connectivity index (χ1n) is 9.35. The van der Waals surface area contributed by atoms with Crippen LogP contribution in [0.2, 0.25) is 0 Å². The topological polar surface area (TPSA) is 41.5 Å². The third-order valence-electron chi connectivity index (χ3n) is 5.66. The van der Waals surface area contributed by atoms with E-state index in [2.05, 4.69) is 44.3 Å². The Balaban J connectivity index is 1.80. The maximum absolute atomic E-state index is 13.8. The summed E-state index contributed by atoms with van der Waals surface area (Å²) in [6, 6.07) is 10.5. The van der Waals surface area contributed by atoms with Crippen LogP contribution in [0.5, 0.6) is 5.75 Å². The first-order valence-corrected chi connectivity index (χ1v) is 9.35. The second-order valence-electron chi connectivity index (χ2n) is 8.47. The molecule has 0 amide bonds. The van der Waals surface area contributed by atoms with Crippen LogP contribution in [0.25, 0.3) is 0 Å². The van der Waals surface area contributed by atoms with Gasteiger partial charge in [-0.25, -0.2) is 4.39 Å². The lowest BCUT2D eigenvalue weighted by atomic mass is 9.75. The molecule has 1 saturated heterocycles. The van der Waals surface area contributed by atoms with Crippen LogP contribution in [0, 0.1) is 11.7 Å². The highest BCUT2D eigenvalue weighted by atomic mass is 19.1. The molecule has 2 aromatic rings. The van der Waals surface area contributed by atoms with Crippen LogP contribution in [0.3, 0.4) is 0 Å². The lowest BCUT2D eigenvalue weighted by molar-refractivity contribution is -0.0384. The Morgan fingerprint density at radius 3 is 2.69 bits per heavy atom. The van der Waals surface area contributed by atoms with Crippen LogP contribution >= 0.6 is 0 Å². The third kappa shape index (κ3) is 2.96. The van der Waals surface area contributed by atoms with Crippen molar-refractivity contribution in [1.82, 2.24) is 0 Å². The minimum atomic E-state index is -0.332. The predicted octanol–water partition coefficient (Wildman–Crippen LogP) is 5.46. The Morgan fingerprint density at radius 2 is 1.92 bits per heavy atom. The minimum Gasteiger partial charge on any atom is -0.508 e. The quantitative estimate of drug-likeness (QED) is 0.713. The zero-order valence-electron chi connectivity index (χ0n) is 15.6. The number of benzene rings is 2. The van der Waals surface area contributed by atoms with Crippen molar-refractivity contribution in [2.24, 2.45) is 5.92 Å². The van der Waals surface area contributed by atoms with Crippen molar-refractivity contribution in [3.05, 3.63) is 58.9 Å². The largest absolute Gasteiger partial charge is 0.508 e. The monoisotopic (exact) mass is 355 g/mol. The highest BCUT2D eigenvalue weighted by Gasteiger charge is 2.41. The van der Waals surface area contributed by atoms with Crippen molar-refractivity contribution >= 4 is 5.69 Å². The van der Waals surface area contributed by atoms with Gasteiger partial charge in [-0.1, -0.05) is 32.9 Å². The maximum Gasteiger partial charge on any atom is 0.123 e. The molecule has 0 saturated carbocycles. The number of hydrogen-bond donors (Lipinski definition) is 2. The fourth-order valence-electron chi connectivity index (χ4n) is 4.22. The van der Waals surface area contributed by atoms with Crippen molar-refractivity contribution in [3.63, 3.8) is 0 Å². The summed E-state index contributed by atoms with van der Waals surface area (Å²) in [6.07, 6.45) is 1.93. The SMILES string of the molecule is CC(C)(C)c1ccc2c(c1)[C@H]1OCCC[C@H]1[C@H](c1cc(F)ccc1O)N2. The molecule has 2 N–H and O–H groups in total. The van der Waals surface area contributed by atoms with Crippen molar-refractivity contribution in [1.29, 1.82) is 0 Å². The van der Waals surface area contributed by atoms with Gasteiger partial charge in [0.15, 0.2) is 0 Å². The number of fused-ring (bicyclic) bond motifs is 3. The number of hydrogen-bond acceptors (Lipinski definition) is 3. The van der Waals surface area contributed by atoms with Crippen LogP contribution in [0.4, 0.5) is 10.1 Å². The smallest absolute Gasteiger partial charge is 0.123 e. The average Bonchev–Trinajstić information content (AvgIpc) is 2.62. The highest BCUT2D eigenvalue weighted by Crippen LogP contribution is 2.51. The Bertz CT molecular complexity index is 827. The molecule has 2 aliphatic heterocycles. The molecule has 0 spiro atoms. The van der Waals surface area contributed by atoms with Crippen LogP contribution in [0.1, 0.15) is 62.4 Å². The van der Waals surface area contributed by atoms with E-state index in [1.54, 1.807) is 0 Å². The second kappa shape index (κ2) is 6.27. The molecule has 3 nitrogen and oxygen atoms in total. The lowest BCUT2D eigenvalue weighted by Gasteiger charge is -2.44. The summed E-state index contributed by atoms with van der Waals surface area (Å²) in [4.78, 5) is 0. The third-order valence-corrected chi connectivity index (χ3v) is 5.66. The van der Waals surface area contributed by atoms with Gasteiger partial charge in [0.2, 0.25) is 0 Å². The second-order valence-corrected chi connectivity index (χ2v) is 8.47. The molecule has 2 aromatic carbocycles. The van der Waals surface area contributed by atoms with E-state index in [0.29, 0.717) is 5.56 Å². The Labute approximate surface area is 154 Å². The normalized spacial score (nSPS) is 25.2. The molecule has 2 heterocycles. The number of aromatic hydroxyl groups is 1. The highest BCUT2D eigenvalue weighted by molar-refractivity contribution is 5.59. The van der Waals surface area contributed by atoms with Gasteiger partial charge in [-0.15, -0.1) is 0 Å². The first kappa shape index (κ1) is 17.3. The molecule has 0 aliphatic carbocycles. The predicted molar refractivity (Wildman–Crippen MR) is 101 cm³/mol. The molecular weight excluding hydrogens is 329 g/mol. The molecule has 0 unspecified atom stereocenters. The molecule has 0 bridgehead atoms. The van der Waals surface area contributed by atoms with E-state index in [1.165, 1.54) is 29.3 Å². The first-order chi connectivity index (χ1) is 12.3. The van der Waals surface area contributed by atoms with Gasteiger partial charge in [0.25, 0.3) is 0 Å². The van der Waals surface area contributed by atoms with Gasteiger partial charge in [0, 0.05) is 29.3 Å². The van der Waals surface area contributed by atoms with Crippen molar-refractivity contribution in [2.45, 2.75) is 51.2 Å². The number of ether oxygens (including phenoxy) is 1. The molecule has 0 aromatic heterocycles. The van der Waals surface area contributed by atoms with Crippen molar-refractivity contribution in [3.8, 4) is 5.75 Å². The maximum atomic E-state index is 13.8. The van der Waals surface area contributed by atoms with Gasteiger partial charge >= 0.3 is 0 Å². The summed E-state index contributed by atoms with van der Waals surface area (Å²) < 4.78 is 20.0. The van der Waals surface area contributed by atoms with Gasteiger partial charge in [0.05, 0.1) is 12.1 Å². The number of rotatable bonds is 1. The standard InChI is InChI=1S/C22H26FNO2/c1-22(2,3)13-6-8-18-16(11-13)21-15(5-4-10-26-21)20(24-18)17-12-14(23)7-9-19(17)25/h6-9,11-12,15,20-21,24-25H,4-5,10H2,1-3H3/t15-,20+,21-/m0/s1. The van der Waals surface area contributed by atoms with Gasteiger partial charge in [-0.2, -0.15) is 0 Å². The fraction of sp³-hybridized carbons (Fsp3) is 0.455. The van der Waals surface area contributed by atoms with Gasteiger partial charge in [-0.05, 0) is 48.1 Å². The van der Waals surface area contributed by atoms with Gasteiger partial charge < -0.3 is 15.2 Å². The number of phenolic OH excluding ortho intramolecular Hbond substituents is 1. The molecule has 138 valence electrons. The van der Waals surface area contributed by atoms with E-state index in [9.17, 15) is 9.50 Å². The molecule has 0 radical (unpaired) electrons. The Morgan fingerprint density at radius 1 is 1.12 bits per heavy atom.